The van der Waals surface area contributed by atoms with Crippen molar-refractivity contribution < 1.29 is 9.90 Å². The van der Waals surface area contributed by atoms with E-state index in [1.165, 1.54) is 0 Å². The van der Waals surface area contributed by atoms with E-state index in [0.717, 1.165) is 11.8 Å². The van der Waals surface area contributed by atoms with Crippen molar-refractivity contribution in [2.45, 2.75) is 13.8 Å². The van der Waals surface area contributed by atoms with Gasteiger partial charge in [-0.1, -0.05) is 13.8 Å². The quantitative estimate of drug-likeness (QED) is 0.628. The van der Waals surface area contributed by atoms with Crippen LogP contribution >= 0.6 is 11.8 Å². The lowest BCUT2D eigenvalue weighted by molar-refractivity contribution is 0.222. The molecule has 0 atom stereocenters. The van der Waals surface area contributed by atoms with Crippen molar-refractivity contribution in [3.05, 3.63) is 0 Å². The van der Waals surface area contributed by atoms with E-state index in [4.69, 9.17) is 5.11 Å². The highest BCUT2D eigenvalue weighted by atomic mass is 32.2. The van der Waals surface area contributed by atoms with Crippen LogP contribution in [0.2, 0.25) is 0 Å². The van der Waals surface area contributed by atoms with Gasteiger partial charge in [-0.25, -0.2) is 4.79 Å². The Hall–Kier alpha value is -0.180. The molecule has 0 saturated heterocycles. The molecule has 0 aliphatic rings. The van der Waals surface area contributed by atoms with Crippen LogP contribution in [0.25, 0.3) is 0 Å². The van der Waals surface area contributed by atoms with E-state index in [2.05, 4.69) is 0 Å². The van der Waals surface area contributed by atoms with Gasteiger partial charge < -0.3 is 5.11 Å². The first-order valence-electron chi connectivity index (χ1n) is 2.48. The molecule has 2 nitrogen and oxygen atoms in total. The second-order valence-corrected chi connectivity index (χ2v) is 2.94. The molecule has 0 aromatic rings. The Bertz CT molecular complexity index is 80.5. The SMILES string of the molecule is CC(C)CSC(=O)O. The summed E-state index contributed by atoms with van der Waals surface area (Å²) >= 11 is 0.956. The summed E-state index contributed by atoms with van der Waals surface area (Å²) in [6.45, 7) is 3.99. The lowest BCUT2D eigenvalue weighted by atomic mass is 10.3. The zero-order valence-electron chi connectivity index (χ0n) is 5.05. The molecule has 0 radical (unpaired) electrons. The van der Waals surface area contributed by atoms with Gasteiger partial charge >= 0.3 is 5.30 Å². The van der Waals surface area contributed by atoms with Crippen molar-refractivity contribution in [2.75, 3.05) is 5.75 Å². The second-order valence-electron chi connectivity index (χ2n) is 1.97. The standard InChI is InChI=1S/C5H10O2S/c1-4(2)3-8-5(6)7/h4H,3H2,1-2H3,(H,6,7). The van der Waals surface area contributed by atoms with Gasteiger partial charge in [-0.2, -0.15) is 0 Å². The number of hydrogen-bond donors (Lipinski definition) is 1. The Morgan fingerprint density at radius 1 is 1.75 bits per heavy atom. The van der Waals surface area contributed by atoms with Crippen LogP contribution in [0.4, 0.5) is 4.79 Å². The van der Waals surface area contributed by atoms with Gasteiger partial charge in [0.25, 0.3) is 0 Å². The molecule has 0 bridgehead atoms. The van der Waals surface area contributed by atoms with Crippen LogP contribution in [0.1, 0.15) is 13.8 Å². The number of carboxylic acid groups (broad SMARTS) is 1. The summed E-state index contributed by atoms with van der Waals surface area (Å²) in [5.74, 6) is 1.17. The van der Waals surface area contributed by atoms with Gasteiger partial charge in [0.05, 0.1) is 0 Å². The van der Waals surface area contributed by atoms with Crippen LogP contribution in [-0.2, 0) is 0 Å². The van der Waals surface area contributed by atoms with Crippen LogP contribution in [0.15, 0.2) is 0 Å². The number of hydrogen-bond acceptors (Lipinski definition) is 2. The maximum atomic E-state index is 9.87. The van der Waals surface area contributed by atoms with Crippen molar-refractivity contribution >= 4 is 17.1 Å². The van der Waals surface area contributed by atoms with Crippen LogP contribution in [0.5, 0.6) is 0 Å². The predicted molar refractivity (Wildman–Crippen MR) is 35.3 cm³/mol. The fourth-order valence-corrected chi connectivity index (χ4v) is 0.714. The fourth-order valence-electron chi connectivity index (χ4n) is 0.238. The summed E-state index contributed by atoms with van der Waals surface area (Å²) in [7, 11) is 0. The van der Waals surface area contributed by atoms with E-state index in [1.807, 2.05) is 13.8 Å². The molecule has 0 unspecified atom stereocenters. The monoisotopic (exact) mass is 134 g/mol. The average Bonchev–Trinajstić information content (AvgIpc) is 1.61. The van der Waals surface area contributed by atoms with Gasteiger partial charge in [0.15, 0.2) is 0 Å². The Kier molecular flexibility index (Phi) is 3.69. The first-order chi connectivity index (χ1) is 3.63. The summed E-state index contributed by atoms with van der Waals surface area (Å²) in [4.78, 5) is 9.87. The third-order valence-corrected chi connectivity index (χ3v) is 1.62. The highest BCUT2D eigenvalue weighted by molar-refractivity contribution is 8.13. The molecule has 0 aromatic heterocycles. The molecule has 0 aliphatic heterocycles. The van der Waals surface area contributed by atoms with E-state index in [-0.39, 0.29) is 0 Å². The van der Waals surface area contributed by atoms with Crippen LogP contribution in [-0.4, -0.2) is 16.2 Å². The smallest absolute Gasteiger partial charge is 0.364 e. The Balaban J connectivity index is 3.05. The Morgan fingerprint density at radius 2 is 2.25 bits per heavy atom. The van der Waals surface area contributed by atoms with Gasteiger partial charge in [-0.05, 0) is 17.7 Å². The van der Waals surface area contributed by atoms with Crippen molar-refractivity contribution in [1.29, 1.82) is 0 Å². The van der Waals surface area contributed by atoms with Crippen molar-refractivity contribution in [2.24, 2.45) is 5.92 Å². The lowest BCUT2D eigenvalue weighted by Crippen LogP contribution is -1.94. The van der Waals surface area contributed by atoms with Gasteiger partial charge in [-0.3, -0.25) is 0 Å². The van der Waals surface area contributed by atoms with Crippen LogP contribution < -0.4 is 0 Å². The first kappa shape index (κ1) is 7.82. The minimum Gasteiger partial charge on any atom is -0.473 e. The lowest BCUT2D eigenvalue weighted by Gasteiger charge is -1.97. The topological polar surface area (TPSA) is 37.3 Å². The Labute approximate surface area is 53.3 Å². The third-order valence-electron chi connectivity index (χ3n) is 0.540. The van der Waals surface area contributed by atoms with Crippen molar-refractivity contribution in [1.82, 2.24) is 0 Å². The van der Waals surface area contributed by atoms with Crippen LogP contribution in [0.3, 0.4) is 0 Å². The summed E-state index contributed by atoms with van der Waals surface area (Å²) in [6, 6.07) is 0. The molecule has 0 amide bonds. The van der Waals surface area contributed by atoms with Crippen LogP contribution in [0, 0.1) is 5.92 Å². The molecule has 1 N–H and O–H groups in total. The summed E-state index contributed by atoms with van der Waals surface area (Å²) in [6.07, 6.45) is 0. The van der Waals surface area contributed by atoms with E-state index < -0.39 is 5.30 Å². The van der Waals surface area contributed by atoms with Crippen molar-refractivity contribution in [3.63, 3.8) is 0 Å². The summed E-state index contributed by atoms with van der Waals surface area (Å²) < 4.78 is 0. The Morgan fingerprint density at radius 3 is 2.38 bits per heavy atom. The maximum Gasteiger partial charge on any atom is 0.364 e. The van der Waals surface area contributed by atoms with E-state index in [1.54, 1.807) is 0 Å². The van der Waals surface area contributed by atoms with Gasteiger partial charge in [0.2, 0.25) is 0 Å². The summed E-state index contributed by atoms with van der Waals surface area (Å²) in [5, 5.41) is 7.35. The fraction of sp³-hybridized carbons (Fsp3) is 0.800. The van der Waals surface area contributed by atoms with Gasteiger partial charge in [0.1, 0.15) is 0 Å². The van der Waals surface area contributed by atoms with E-state index in [0.29, 0.717) is 11.7 Å². The maximum absolute atomic E-state index is 9.87. The molecule has 0 fully saturated rings. The predicted octanol–water partition coefficient (Wildman–Crippen LogP) is 2.05. The molecular formula is C5H10O2S. The number of thioether (sulfide) groups is 1. The number of rotatable bonds is 2. The summed E-state index contributed by atoms with van der Waals surface area (Å²) in [5.41, 5.74) is 0. The van der Waals surface area contributed by atoms with Gasteiger partial charge in [0, 0.05) is 5.75 Å². The van der Waals surface area contributed by atoms with Gasteiger partial charge in [-0.15, -0.1) is 0 Å². The molecule has 3 heteroatoms. The normalized spacial score (nSPS) is 9.88. The first-order valence-corrected chi connectivity index (χ1v) is 3.47. The molecule has 0 aliphatic carbocycles. The van der Waals surface area contributed by atoms with Crippen molar-refractivity contribution in [3.8, 4) is 0 Å². The average molecular weight is 134 g/mol. The molecule has 48 valence electrons. The third kappa shape index (κ3) is 5.82. The molecular weight excluding hydrogens is 124 g/mol. The molecule has 0 heterocycles. The second kappa shape index (κ2) is 3.78. The molecule has 0 saturated carbocycles. The molecule has 8 heavy (non-hydrogen) atoms. The molecule has 0 spiro atoms. The zero-order valence-corrected chi connectivity index (χ0v) is 5.86. The minimum atomic E-state index is -0.779. The van der Waals surface area contributed by atoms with E-state index >= 15 is 0 Å². The largest absolute Gasteiger partial charge is 0.473 e. The highest BCUT2D eigenvalue weighted by Crippen LogP contribution is 2.06. The molecule has 0 rings (SSSR count). The highest BCUT2D eigenvalue weighted by Gasteiger charge is 1.98. The number of carbonyl (C=O) groups is 1. The van der Waals surface area contributed by atoms with E-state index in [9.17, 15) is 4.79 Å². The zero-order chi connectivity index (χ0) is 6.57. The molecule has 0 aromatic carbocycles. The minimum absolute atomic E-state index is 0.469.